The van der Waals surface area contributed by atoms with Crippen molar-refractivity contribution in [1.29, 1.82) is 0 Å². The Balaban J connectivity index is 1.73. The summed E-state index contributed by atoms with van der Waals surface area (Å²) in [5.74, 6) is 0.677. The van der Waals surface area contributed by atoms with Gasteiger partial charge in [0.05, 0.1) is 18.1 Å². The molecule has 18 heavy (non-hydrogen) atoms. The SMILES string of the molecule is CCNC(c1ccoc1)C1CCOC2(CCC2)C1. The normalized spacial score (nSPS) is 27.9. The van der Waals surface area contributed by atoms with E-state index < -0.39 is 0 Å². The van der Waals surface area contributed by atoms with E-state index in [2.05, 4.69) is 18.3 Å². The number of ether oxygens (including phenoxy) is 1. The van der Waals surface area contributed by atoms with Crippen molar-refractivity contribution in [2.24, 2.45) is 5.92 Å². The fraction of sp³-hybridized carbons (Fsp3) is 0.733. The largest absolute Gasteiger partial charge is 0.472 e. The summed E-state index contributed by atoms with van der Waals surface area (Å²) >= 11 is 0. The lowest BCUT2D eigenvalue weighted by Crippen LogP contribution is -2.48. The van der Waals surface area contributed by atoms with Crippen molar-refractivity contribution in [3.63, 3.8) is 0 Å². The molecule has 0 bridgehead atoms. The summed E-state index contributed by atoms with van der Waals surface area (Å²) in [7, 11) is 0. The van der Waals surface area contributed by atoms with Gasteiger partial charge in [-0.05, 0) is 50.6 Å². The average molecular weight is 249 g/mol. The van der Waals surface area contributed by atoms with E-state index in [0.717, 1.165) is 19.6 Å². The van der Waals surface area contributed by atoms with E-state index in [1.165, 1.54) is 31.2 Å². The molecule has 0 aromatic carbocycles. The molecule has 1 N–H and O–H groups in total. The van der Waals surface area contributed by atoms with Crippen LogP contribution in [-0.4, -0.2) is 18.8 Å². The van der Waals surface area contributed by atoms with Crippen LogP contribution < -0.4 is 5.32 Å². The molecule has 1 spiro atoms. The molecule has 0 radical (unpaired) electrons. The molecular weight excluding hydrogens is 226 g/mol. The highest BCUT2D eigenvalue weighted by atomic mass is 16.5. The van der Waals surface area contributed by atoms with Crippen molar-refractivity contribution in [3.05, 3.63) is 24.2 Å². The monoisotopic (exact) mass is 249 g/mol. The van der Waals surface area contributed by atoms with E-state index in [4.69, 9.17) is 9.15 Å². The molecule has 100 valence electrons. The second-order valence-electron chi connectivity index (χ2n) is 5.73. The van der Waals surface area contributed by atoms with Crippen LogP contribution in [0, 0.1) is 5.92 Å². The molecule has 2 unspecified atom stereocenters. The molecule has 3 heteroatoms. The summed E-state index contributed by atoms with van der Waals surface area (Å²) < 4.78 is 11.3. The van der Waals surface area contributed by atoms with Crippen molar-refractivity contribution in [3.8, 4) is 0 Å². The van der Waals surface area contributed by atoms with Crippen LogP contribution in [0.25, 0.3) is 0 Å². The summed E-state index contributed by atoms with van der Waals surface area (Å²) in [5, 5.41) is 3.63. The summed E-state index contributed by atoms with van der Waals surface area (Å²) in [4.78, 5) is 0. The second-order valence-corrected chi connectivity index (χ2v) is 5.73. The van der Waals surface area contributed by atoms with Gasteiger partial charge in [-0.2, -0.15) is 0 Å². The molecule has 1 saturated heterocycles. The maximum atomic E-state index is 6.03. The minimum atomic E-state index is 0.223. The highest BCUT2D eigenvalue weighted by molar-refractivity contribution is 5.14. The number of rotatable bonds is 4. The van der Waals surface area contributed by atoms with Crippen LogP contribution in [0.1, 0.15) is 50.6 Å². The number of furan rings is 1. The number of hydrogen-bond acceptors (Lipinski definition) is 3. The minimum Gasteiger partial charge on any atom is -0.472 e. The highest BCUT2D eigenvalue weighted by Gasteiger charge is 2.44. The zero-order valence-electron chi connectivity index (χ0n) is 11.2. The van der Waals surface area contributed by atoms with Gasteiger partial charge in [-0.25, -0.2) is 0 Å². The molecule has 1 aliphatic carbocycles. The van der Waals surface area contributed by atoms with Gasteiger partial charge in [0.2, 0.25) is 0 Å². The molecule has 1 saturated carbocycles. The molecule has 2 heterocycles. The van der Waals surface area contributed by atoms with Crippen molar-refractivity contribution < 1.29 is 9.15 Å². The van der Waals surface area contributed by atoms with Crippen molar-refractivity contribution in [1.82, 2.24) is 5.32 Å². The lowest BCUT2D eigenvalue weighted by Gasteiger charge is -2.48. The zero-order chi connectivity index (χ0) is 12.4. The Hall–Kier alpha value is -0.800. The van der Waals surface area contributed by atoms with Crippen LogP contribution in [-0.2, 0) is 4.74 Å². The summed E-state index contributed by atoms with van der Waals surface area (Å²) in [5.41, 5.74) is 1.51. The Bertz CT molecular complexity index is 370. The first kappa shape index (κ1) is 12.2. The molecule has 2 atom stereocenters. The van der Waals surface area contributed by atoms with Crippen LogP contribution in [0.5, 0.6) is 0 Å². The van der Waals surface area contributed by atoms with Crippen molar-refractivity contribution >= 4 is 0 Å². The quantitative estimate of drug-likeness (QED) is 0.889. The Morgan fingerprint density at radius 2 is 2.39 bits per heavy atom. The zero-order valence-corrected chi connectivity index (χ0v) is 11.2. The molecule has 1 aliphatic heterocycles. The van der Waals surface area contributed by atoms with Gasteiger partial charge in [0.25, 0.3) is 0 Å². The lowest BCUT2D eigenvalue weighted by atomic mass is 9.70. The van der Waals surface area contributed by atoms with Gasteiger partial charge in [0.15, 0.2) is 0 Å². The third-order valence-electron chi connectivity index (χ3n) is 4.59. The van der Waals surface area contributed by atoms with Crippen LogP contribution in [0.15, 0.2) is 23.0 Å². The number of hydrogen-bond donors (Lipinski definition) is 1. The van der Waals surface area contributed by atoms with Gasteiger partial charge in [-0.15, -0.1) is 0 Å². The Morgan fingerprint density at radius 1 is 1.50 bits per heavy atom. The molecule has 1 aromatic rings. The summed E-state index contributed by atoms with van der Waals surface area (Å²) in [6.07, 6.45) is 9.88. The van der Waals surface area contributed by atoms with E-state index >= 15 is 0 Å². The van der Waals surface area contributed by atoms with E-state index in [0.29, 0.717) is 12.0 Å². The predicted molar refractivity (Wildman–Crippen MR) is 70.4 cm³/mol. The predicted octanol–water partition coefficient (Wildman–Crippen LogP) is 3.28. The molecule has 3 nitrogen and oxygen atoms in total. The number of nitrogens with one attached hydrogen (secondary N) is 1. The molecule has 0 amide bonds. The van der Waals surface area contributed by atoms with Crippen molar-refractivity contribution in [2.75, 3.05) is 13.2 Å². The van der Waals surface area contributed by atoms with E-state index in [-0.39, 0.29) is 5.60 Å². The first-order valence-corrected chi connectivity index (χ1v) is 7.22. The van der Waals surface area contributed by atoms with Crippen molar-refractivity contribution in [2.45, 2.75) is 50.7 Å². The lowest BCUT2D eigenvalue weighted by molar-refractivity contribution is -0.147. The molecular formula is C15H23NO2. The Morgan fingerprint density at radius 3 is 3.00 bits per heavy atom. The summed E-state index contributed by atoms with van der Waals surface area (Å²) in [6, 6.07) is 2.52. The first-order valence-electron chi connectivity index (χ1n) is 7.22. The van der Waals surface area contributed by atoms with E-state index in [1.807, 2.05) is 6.26 Å². The molecule has 1 aromatic heterocycles. The maximum absolute atomic E-state index is 6.03. The highest BCUT2D eigenvalue weighted by Crippen LogP contribution is 2.47. The Kier molecular flexibility index (Phi) is 3.44. The average Bonchev–Trinajstić information content (AvgIpc) is 2.88. The van der Waals surface area contributed by atoms with Gasteiger partial charge in [-0.1, -0.05) is 6.92 Å². The molecule has 2 aliphatic rings. The molecule has 3 rings (SSSR count). The fourth-order valence-corrected chi connectivity index (χ4v) is 3.50. The maximum Gasteiger partial charge on any atom is 0.0950 e. The van der Waals surface area contributed by atoms with Crippen LogP contribution in [0.4, 0.5) is 0 Å². The standard InChI is InChI=1S/C15H23NO2/c1-2-16-14(13-4-8-17-11-13)12-5-9-18-15(10-12)6-3-7-15/h4,8,11-12,14,16H,2-3,5-7,9-10H2,1H3. The third kappa shape index (κ3) is 2.21. The topological polar surface area (TPSA) is 34.4 Å². The first-order chi connectivity index (χ1) is 8.83. The van der Waals surface area contributed by atoms with Crippen LogP contribution in [0.3, 0.4) is 0 Å². The van der Waals surface area contributed by atoms with Gasteiger partial charge in [0.1, 0.15) is 0 Å². The smallest absolute Gasteiger partial charge is 0.0950 e. The van der Waals surface area contributed by atoms with Gasteiger partial charge < -0.3 is 14.5 Å². The summed E-state index contributed by atoms with van der Waals surface area (Å²) in [6.45, 7) is 4.09. The van der Waals surface area contributed by atoms with E-state index in [9.17, 15) is 0 Å². The fourth-order valence-electron chi connectivity index (χ4n) is 3.50. The van der Waals surface area contributed by atoms with Gasteiger partial charge >= 0.3 is 0 Å². The third-order valence-corrected chi connectivity index (χ3v) is 4.59. The van der Waals surface area contributed by atoms with Gasteiger partial charge in [0, 0.05) is 18.2 Å². The van der Waals surface area contributed by atoms with E-state index in [1.54, 1.807) is 6.26 Å². The second kappa shape index (κ2) is 5.06. The minimum absolute atomic E-state index is 0.223. The Labute approximate surface area is 109 Å². The van der Waals surface area contributed by atoms with Gasteiger partial charge in [-0.3, -0.25) is 0 Å². The van der Waals surface area contributed by atoms with Crippen LogP contribution in [0.2, 0.25) is 0 Å². The molecule has 2 fully saturated rings. The van der Waals surface area contributed by atoms with Crippen LogP contribution >= 0.6 is 0 Å².